The maximum atomic E-state index is 12.9. The molecule has 0 aliphatic heterocycles. The van der Waals surface area contributed by atoms with E-state index in [9.17, 15) is 9.59 Å². The third kappa shape index (κ3) is 4.79. The van der Waals surface area contributed by atoms with Gasteiger partial charge in [-0.25, -0.2) is 10.4 Å². The zero-order valence-electron chi connectivity index (χ0n) is 16.7. The first-order valence-electron chi connectivity index (χ1n) is 9.61. The molecule has 0 atom stereocenters. The lowest BCUT2D eigenvalue weighted by atomic mass is 10.0. The predicted octanol–water partition coefficient (Wildman–Crippen LogP) is 4.02. The number of fused-ring (bicyclic) bond motifs is 1. The number of para-hydroxylation sites is 1. The lowest BCUT2D eigenvalue weighted by Crippen LogP contribution is -2.18. The van der Waals surface area contributed by atoms with Crippen molar-refractivity contribution >= 4 is 34.6 Å². The number of hydrogen-bond acceptors (Lipinski definition) is 5. The first-order chi connectivity index (χ1) is 15.1. The summed E-state index contributed by atoms with van der Waals surface area (Å²) in [6.45, 7) is 1.45. The molecule has 0 saturated carbocycles. The van der Waals surface area contributed by atoms with Gasteiger partial charge < -0.3 is 5.32 Å². The third-order valence-electron chi connectivity index (χ3n) is 4.53. The fourth-order valence-electron chi connectivity index (χ4n) is 3.11. The lowest BCUT2D eigenvalue weighted by Gasteiger charge is -2.08. The Kier molecular flexibility index (Phi) is 5.75. The normalized spacial score (nSPS) is 10.9. The topological polar surface area (TPSA) is 96.3 Å². The van der Waals surface area contributed by atoms with Gasteiger partial charge in [-0.2, -0.15) is 5.10 Å². The van der Waals surface area contributed by atoms with Crippen LogP contribution in [0.15, 0.2) is 84.2 Å². The van der Waals surface area contributed by atoms with Gasteiger partial charge in [0.2, 0.25) is 5.91 Å². The molecule has 31 heavy (non-hydrogen) atoms. The van der Waals surface area contributed by atoms with Crippen LogP contribution in [0.25, 0.3) is 22.2 Å². The van der Waals surface area contributed by atoms with E-state index in [1.165, 1.54) is 6.92 Å². The van der Waals surface area contributed by atoms with Crippen molar-refractivity contribution in [3.63, 3.8) is 0 Å². The zero-order chi connectivity index (χ0) is 21.6. The number of rotatable bonds is 5. The van der Waals surface area contributed by atoms with E-state index in [0.717, 1.165) is 16.5 Å². The van der Waals surface area contributed by atoms with E-state index in [-0.39, 0.29) is 11.8 Å². The van der Waals surface area contributed by atoms with Gasteiger partial charge in [0.05, 0.1) is 23.0 Å². The van der Waals surface area contributed by atoms with Crippen molar-refractivity contribution in [3.05, 3.63) is 90.3 Å². The van der Waals surface area contributed by atoms with Gasteiger partial charge in [0.1, 0.15) is 0 Å². The molecule has 7 nitrogen and oxygen atoms in total. The van der Waals surface area contributed by atoms with Gasteiger partial charge in [-0.1, -0.05) is 30.3 Å². The third-order valence-corrected chi connectivity index (χ3v) is 4.53. The minimum Gasteiger partial charge on any atom is -0.326 e. The molecule has 2 aromatic heterocycles. The van der Waals surface area contributed by atoms with Crippen molar-refractivity contribution in [1.82, 2.24) is 15.4 Å². The second-order valence-electron chi connectivity index (χ2n) is 6.82. The number of nitrogens with zero attached hydrogens (tertiary/aromatic N) is 3. The van der Waals surface area contributed by atoms with E-state index < -0.39 is 0 Å². The Bertz CT molecular complexity index is 1270. The fraction of sp³-hybridized carbons (Fsp3) is 0.0417. The van der Waals surface area contributed by atoms with Gasteiger partial charge in [0.25, 0.3) is 5.91 Å². The number of hydrogen-bond donors (Lipinski definition) is 2. The molecule has 0 radical (unpaired) electrons. The summed E-state index contributed by atoms with van der Waals surface area (Å²) in [4.78, 5) is 32.8. The number of nitrogens with one attached hydrogen (secondary N) is 2. The number of anilines is 1. The molecule has 0 aliphatic carbocycles. The largest absolute Gasteiger partial charge is 0.326 e. The standard InChI is InChI=1S/C24H19N5O2/c1-16(30)27-19-10-8-17(9-11-19)14-26-29-24(31)21-13-23(18-5-4-12-25-15-18)28-22-7-3-2-6-20(21)22/h2-15H,1H3,(H,27,30)(H,29,31). The highest BCUT2D eigenvalue weighted by Gasteiger charge is 2.13. The van der Waals surface area contributed by atoms with E-state index >= 15 is 0 Å². The van der Waals surface area contributed by atoms with Crippen molar-refractivity contribution in [2.24, 2.45) is 5.10 Å². The highest BCUT2D eigenvalue weighted by atomic mass is 16.2. The van der Waals surface area contributed by atoms with Gasteiger partial charge in [-0.3, -0.25) is 14.6 Å². The minimum absolute atomic E-state index is 0.135. The van der Waals surface area contributed by atoms with Crippen LogP contribution in [0.2, 0.25) is 0 Å². The number of carbonyl (C=O) groups excluding carboxylic acids is 2. The summed E-state index contributed by atoms with van der Waals surface area (Å²) < 4.78 is 0. The van der Waals surface area contributed by atoms with Crippen LogP contribution in [0.1, 0.15) is 22.8 Å². The number of pyridine rings is 2. The zero-order valence-corrected chi connectivity index (χ0v) is 16.7. The molecule has 0 aliphatic rings. The maximum absolute atomic E-state index is 12.9. The molecule has 152 valence electrons. The summed E-state index contributed by atoms with van der Waals surface area (Å²) in [6.07, 6.45) is 4.94. The van der Waals surface area contributed by atoms with Gasteiger partial charge in [-0.05, 0) is 42.0 Å². The van der Waals surface area contributed by atoms with Crippen LogP contribution in [-0.4, -0.2) is 28.0 Å². The first kappa shape index (κ1) is 19.9. The highest BCUT2D eigenvalue weighted by Crippen LogP contribution is 2.24. The highest BCUT2D eigenvalue weighted by molar-refractivity contribution is 6.07. The summed E-state index contributed by atoms with van der Waals surface area (Å²) >= 11 is 0. The summed E-state index contributed by atoms with van der Waals surface area (Å²) in [5.74, 6) is -0.473. The van der Waals surface area contributed by atoms with Gasteiger partial charge in [-0.15, -0.1) is 0 Å². The van der Waals surface area contributed by atoms with Crippen LogP contribution in [0.3, 0.4) is 0 Å². The predicted molar refractivity (Wildman–Crippen MR) is 121 cm³/mol. The van der Waals surface area contributed by atoms with E-state index in [0.29, 0.717) is 22.5 Å². The number of hydrazone groups is 1. The molecule has 0 unspecified atom stereocenters. The second-order valence-corrected chi connectivity index (χ2v) is 6.82. The Morgan fingerprint density at radius 1 is 1.00 bits per heavy atom. The van der Waals surface area contributed by atoms with E-state index in [1.54, 1.807) is 48.9 Å². The number of benzene rings is 2. The molecule has 2 N–H and O–H groups in total. The van der Waals surface area contributed by atoms with E-state index in [4.69, 9.17) is 0 Å². The van der Waals surface area contributed by atoms with Crippen LogP contribution in [-0.2, 0) is 4.79 Å². The Morgan fingerprint density at radius 3 is 2.55 bits per heavy atom. The average molecular weight is 409 g/mol. The van der Waals surface area contributed by atoms with Crippen molar-refractivity contribution in [2.45, 2.75) is 6.92 Å². The van der Waals surface area contributed by atoms with Crippen molar-refractivity contribution in [1.29, 1.82) is 0 Å². The van der Waals surface area contributed by atoms with Crippen LogP contribution >= 0.6 is 0 Å². The molecule has 4 rings (SSSR count). The first-order valence-corrected chi connectivity index (χ1v) is 9.61. The molecule has 7 heteroatoms. The Morgan fingerprint density at radius 2 is 1.81 bits per heavy atom. The van der Waals surface area contributed by atoms with Gasteiger partial charge >= 0.3 is 0 Å². The Balaban J connectivity index is 1.57. The summed E-state index contributed by atoms with van der Waals surface area (Å²) in [5, 5.41) is 7.51. The SMILES string of the molecule is CC(=O)Nc1ccc(C=NNC(=O)c2cc(-c3cccnc3)nc3ccccc23)cc1. The number of carbonyl (C=O) groups is 2. The van der Waals surface area contributed by atoms with Crippen molar-refractivity contribution in [2.75, 3.05) is 5.32 Å². The molecule has 2 aromatic carbocycles. The molecular weight excluding hydrogens is 390 g/mol. The molecule has 0 spiro atoms. The quantitative estimate of drug-likeness (QED) is 0.384. The smallest absolute Gasteiger partial charge is 0.272 e. The molecule has 0 fully saturated rings. The average Bonchev–Trinajstić information content (AvgIpc) is 2.79. The van der Waals surface area contributed by atoms with Crippen LogP contribution in [0.4, 0.5) is 5.69 Å². The fourth-order valence-corrected chi connectivity index (χ4v) is 3.11. The van der Waals surface area contributed by atoms with E-state index in [1.807, 2.05) is 36.4 Å². The summed E-state index contributed by atoms with van der Waals surface area (Å²) in [7, 11) is 0. The minimum atomic E-state index is -0.338. The molecule has 0 bridgehead atoms. The van der Waals surface area contributed by atoms with Crippen LogP contribution in [0, 0.1) is 0 Å². The van der Waals surface area contributed by atoms with Crippen molar-refractivity contribution in [3.8, 4) is 11.3 Å². The second kappa shape index (κ2) is 8.96. The van der Waals surface area contributed by atoms with Gasteiger partial charge in [0.15, 0.2) is 0 Å². The molecular formula is C24H19N5O2. The van der Waals surface area contributed by atoms with Crippen LogP contribution < -0.4 is 10.7 Å². The molecule has 4 aromatic rings. The Labute approximate surface area is 178 Å². The van der Waals surface area contributed by atoms with E-state index in [2.05, 4.69) is 25.8 Å². The lowest BCUT2D eigenvalue weighted by molar-refractivity contribution is -0.114. The Hall–Kier alpha value is -4.39. The van der Waals surface area contributed by atoms with Gasteiger partial charge in [0, 0.05) is 36.0 Å². The molecule has 0 saturated heterocycles. The summed E-state index contributed by atoms with van der Waals surface area (Å²) in [6, 6.07) is 20.1. The monoisotopic (exact) mass is 409 g/mol. The van der Waals surface area contributed by atoms with Crippen molar-refractivity contribution < 1.29 is 9.59 Å². The van der Waals surface area contributed by atoms with Crippen LogP contribution in [0.5, 0.6) is 0 Å². The number of aromatic nitrogens is 2. The maximum Gasteiger partial charge on any atom is 0.272 e. The number of amides is 2. The molecule has 2 amide bonds. The molecule has 2 heterocycles. The summed E-state index contributed by atoms with van der Waals surface area (Å²) in [5.41, 5.74) is 6.73.